The molecule has 0 saturated carbocycles. The Labute approximate surface area is 137 Å². The van der Waals surface area contributed by atoms with E-state index in [1.807, 2.05) is 31.2 Å². The van der Waals surface area contributed by atoms with Gasteiger partial charge in [0.1, 0.15) is 0 Å². The molecule has 0 aliphatic heterocycles. The van der Waals surface area contributed by atoms with Crippen molar-refractivity contribution in [2.24, 2.45) is 0 Å². The molecule has 23 heavy (non-hydrogen) atoms. The van der Waals surface area contributed by atoms with Crippen molar-refractivity contribution in [1.82, 2.24) is 0 Å². The summed E-state index contributed by atoms with van der Waals surface area (Å²) >= 11 is 0.666. The van der Waals surface area contributed by atoms with Crippen molar-refractivity contribution in [2.45, 2.75) is 24.4 Å². The fourth-order valence-corrected chi connectivity index (χ4v) is 2.80. The number of benzene rings is 2. The largest absolute Gasteiger partial charge is 0.398 e. The predicted octanol–water partition coefficient (Wildman–Crippen LogP) is 4.83. The zero-order valence-corrected chi connectivity index (χ0v) is 13.3. The molecule has 0 atom stereocenters. The highest BCUT2D eigenvalue weighted by atomic mass is 32.2. The van der Waals surface area contributed by atoms with Gasteiger partial charge in [-0.25, -0.2) is 0 Å². The third kappa shape index (κ3) is 5.63. The van der Waals surface area contributed by atoms with Crippen LogP contribution in [0.4, 0.5) is 18.9 Å². The summed E-state index contributed by atoms with van der Waals surface area (Å²) in [4.78, 5) is 12.6. The maximum Gasteiger partial charge on any atom is 0.398 e. The zero-order chi connectivity index (χ0) is 16.9. The molecule has 0 aliphatic carbocycles. The summed E-state index contributed by atoms with van der Waals surface area (Å²) in [5.74, 6) is -1.24. The van der Waals surface area contributed by atoms with Gasteiger partial charge in [0.2, 0.25) is 5.91 Å². The van der Waals surface area contributed by atoms with Gasteiger partial charge in [0.05, 0.1) is 17.9 Å². The number of hydrogen-bond donors (Lipinski definition) is 1. The lowest BCUT2D eigenvalue weighted by Gasteiger charge is -2.12. The number of aryl methyl sites for hydroxylation is 1. The summed E-state index contributed by atoms with van der Waals surface area (Å²) in [5.41, 5.74) is 2.30. The molecular weight excluding hydrogens is 323 g/mol. The first-order chi connectivity index (χ1) is 10.8. The Morgan fingerprint density at radius 2 is 1.74 bits per heavy atom. The number of rotatable bonds is 5. The van der Waals surface area contributed by atoms with Crippen LogP contribution in [0.2, 0.25) is 0 Å². The van der Waals surface area contributed by atoms with Crippen molar-refractivity contribution >= 4 is 23.4 Å². The molecule has 0 aliphatic rings. The summed E-state index contributed by atoms with van der Waals surface area (Å²) in [5, 5.41) is 2.70. The summed E-state index contributed by atoms with van der Waals surface area (Å²) in [7, 11) is 0. The topological polar surface area (TPSA) is 29.1 Å². The van der Waals surface area contributed by atoms with Gasteiger partial charge in [-0.2, -0.15) is 13.2 Å². The number of carbonyl (C=O) groups excluding carboxylic acids is 1. The minimum atomic E-state index is -4.25. The second kappa shape index (κ2) is 7.55. The van der Waals surface area contributed by atoms with E-state index in [9.17, 15) is 18.0 Å². The van der Waals surface area contributed by atoms with Crippen LogP contribution in [0, 0.1) is 6.92 Å². The van der Waals surface area contributed by atoms with Crippen LogP contribution < -0.4 is 5.32 Å². The quantitative estimate of drug-likeness (QED) is 0.791. The molecule has 0 aromatic heterocycles. The number of nitrogens with one attached hydrogen (secondary N) is 1. The predicted molar refractivity (Wildman–Crippen MR) is 86.7 cm³/mol. The fraction of sp³-hybridized carbons (Fsp3) is 0.235. The molecule has 1 amide bonds. The minimum absolute atomic E-state index is 0.185. The minimum Gasteiger partial charge on any atom is -0.325 e. The molecule has 0 spiro atoms. The first-order valence-corrected chi connectivity index (χ1v) is 7.96. The SMILES string of the molecule is Cc1ccccc1CC(=O)Nc1ccccc1SCC(F)(F)F. The average molecular weight is 339 g/mol. The molecule has 2 aromatic carbocycles. The summed E-state index contributed by atoms with van der Waals surface area (Å²) in [6, 6.07) is 14.0. The van der Waals surface area contributed by atoms with Crippen LogP contribution >= 0.6 is 11.8 Å². The third-order valence-corrected chi connectivity index (χ3v) is 4.30. The maximum absolute atomic E-state index is 12.4. The van der Waals surface area contributed by atoms with E-state index in [4.69, 9.17) is 0 Å². The second-order valence-corrected chi connectivity index (χ2v) is 6.07. The van der Waals surface area contributed by atoms with E-state index in [-0.39, 0.29) is 12.3 Å². The Hall–Kier alpha value is -1.95. The molecule has 2 nitrogen and oxygen atoms in total. The van der Waals surface area contributed by atoms with Crippen LogP contribution in [0.25, 0.3) is 0 Å². The lowest BCUT2D eigenvalue weighted by atomic mass is 10.1. The van der Waals surface area contributed by atoms with Gasteiger partial charge in [-0.05, 0) is 30.2 Å². The number of anilines is 1. The van der Waals surface area contributed by atoms with Crippen LogP contribution in [0.15, 0.2) is 53.4 Å². The molecule has 0 bridgehead atoms. The van der Waals surface area contributed by atoms with Crippen LogP contribution in [-0.4, -0.2) is 17.8 Å². The van der Waals surface area contributed by atoms with Crippen LogP contribution in [0.5, 0.6) is 0 Å². The second-order valence-electron chi connectivity index (χ2n) is 5.05. The van der Waals surface area contributed by atoms with Crippen molar-refractivity contribution in [1.29, 1.82) is 0 Å². The van der Waals surface area contributed by atoms with Gasteiger partial charge in [-0.3, -0.25) is 4.79 Å². The molecule has 0 unspecified atom stereocenters. The Morgan fingerprint density at radius 1 is 1.09 bits per heavy atom. The summed E-state index contributed by atoms with van der Waals surface area (Å²) in [6.07, 6.45) is -4.06. The molecule has 0 fully saturated rings. The molecule has 0 radical (unpaired) electrons. The number of para-hydroxylation sites is 1. The Balaban J connectivity index is 2.05. The van der Waals surface area contributed by atoms with Crippen LogP contribution in [0.1, 0.15) is 11.1 Å². The van der Waals surface area contributed by atoms with Gasteiger partial charge in [0.25, 0.3) is 0 Å². The molecule has 122 valence electrons. The monoisotopic (exact) mass is 339 g/mol. The van der Waals surface area contributed by atoms with Gasteiger partial charge in [-0.1, -0.05) is 36.4 Å². The number of carbonyl (C=O) groups is 1. The fourth-order valence-electron chi connectivity index (χ4n) is 2.03. The lowest BCUT2D eigenvalue weighted by molar-refractivity contribution is -0.115. The smallest absolute Gasteiger partial charge is 0.325 e. The number of thioether (sulfide) groups is 1. The average Bonchev–Trinajstić information content (AvgIpc) is 2.48. The van der Waals surface area contributed by atoms with Gasteiger partial charge in [-0.15, -0.1) is 11.8 Å². The van der Waals surface area contributed by atoms with Crippen LogP contribution in [-0.2, 0) is 11.2 Å². The molecule has 2 rings (SSSR count). The molecule has 2 aromatic rings. The molecule has 1 N–H and O–H groups in total. The highest BCUT2D eigenvalue weighted by Crippen LogP contribution is 2.32. The Morgan fingerprint density at radius 3 is 2.43 bits per heavy atom. The highest BCUT2D eigenvalue weighted by molar-refractivity contribution is 7.99. The van der Waals surface area contributed by atoms with Crippen LogP contribution in [0.3, 0.4) is 0 Å². The number of hydrogen-bond acceptors (Lipinski definition) is 2. The van der Waals surface area contributed by atoms with E-state index in [1.54, 1.807) is 24.3 Å². The van der Waals surface area contributed by atoms with E-state index in [0.29, 0.717) is 22.3 Å². The Bertz CT molecular complexity index is 686. The number of alkyl halides is 3. The zero-order valence-electron chi connectivity index (χ0n) is 12.5. The van der Waals surface area contributed by atoms with E-state index < -0.39 is 11.9 Å². The molecule has 6 heteroatoms. The normalized spacial score (nSPS) is 11.3. The van der Waals surface area contributed by atoms with Crippen molar-refractivity contribution in [3.8, 4) is 0 Å². The van der Waals surface area contributed by atoms with Gasteiger partial charge in [0.15, 0.2) is 0 Å². The maximum atomic E-state index is 12.4. The Kier molecular flexibility index (Phi) is 5.71. The first-order valence-electron chi connectivity index (χ1n) is 6.98. The molecule has 0 saturated heterocycles. The van der Waals surface area contributed by atoms with Crippen molar-refractivity contribution < 1.29 is 18.0 Å². The standard InChI is InChI=1S/C17H16F3NOS/c1-12-6-2-3-7-13(12)10-16(22)21-14-8-4-5-9-15(14)23-11-17(18,19)20/h2-9H,10-11H2,1H3,(H,21,22). The van der Waals surface area contributed by atoms with E-state index in [1.165, 1.54) is 0 Å². The number of amides is 1. The summed E-state index contributed by atoms with van der Waals surface area (Å²) in [6.45, 7) is 1.91. The number of halogens is 3. The highest BCUT2D eigenvalue weighted by Gasteiger charge is 2.27. The first kappa shape index (κ1) is 17.4. The van der Waals surface area contributed by atoms with Gasteiger partial charge >= 0.3 is 6.18 Å². The van der Waals surface area contributed by atoms with E-state index in [0.717, 1.165) is 11.1 Å². The van der Waals surface area contributed by atoms with E-state index in [2.05, 4.69) is 5.32 Å². The van der Waals surface area contributed by atoms with Gasteiger partial charge < -0.3 is 5.32 Å². The van der Waals surface area contributed by atoms with Crippen molar-refractivity contribution in [3.63, 3.8) is 0 Å². The lowest BCUT2D eigenvalue weighted by Crippen LogP contribution is -2.16. The van der Waals surface area contributed by atoms with Crippen molar-refractivity contribution in [2.75, 3.05) is 11.1 Å². The van der Waals surface area contributed by atoms with E-state index >= 15 is 0 Å². The van der Waals surface area contributed by atoms with Crippen molar-refractivity contribution in [3.05, 3.63) is 59.7 Å². The third-order valence-electron chi connectivity index (χ3n) is 3.16. The van der Waals surface area contributed by atoms with Gasteiger partial charge in [0, 0.05) is 4.90 Å². The molecular formula is C17H16F3NOS. The molecule has 0 heterocycles. The summed E-state index contributed by atoms with van der Waals surface area (Å²) < 4.78 is 37.1.